The highest BCUT2D eigenvalue weighted by Crippen LogP contribution is 2.06. The topological polar surface area (TPSA) is 41.5 Å². The Labute approximate surface area is 99.7 Å². The average molecular weight is 226 g/mol. The Morgan fingerprint density at radius 3 is 2.44 bits per heavy atom. The fourth-order valence-electron chi connectivity index (χ4n) is 1.38. The van der Waals surface area contributed by atoms with Gasteiger partial charge in [0.1, 0.15) is 0 Å². The van der Waals surface area contributed by atoms with E-state index in [4.69, 9.17) is 0 Å². The van der Waals surface area contributed by atoms with E-state index < -0.39 is 0 Å². The molecule has 0 aliphatic rings. The van der Waals surface area contributed by atoms with Gasteiger partial charge in [-0.3, -0.25) is 4.79 Å². The van der Waals surface area contributed by atoms with Crippen molar-refractivity contribution in [3.8, 4) is 0 Å². The summed E-state index contributed by atoms with van der Waals surface area (Å²) >= 11 is 0. The van der Waals surface area contributed by atoms with E-state index in [1.807, 2.05) is 13.8 Å². The van der Waals surface area contributed by atoms with Crippen molar-refractivity contribution in [2.24, 2.45) is 11.0 Å². The van der Waals surface area contributed by atoms with Gasteiger partial charge in [-0.1, -0.05) is 52.9 Å². The first-order chi connectivity index (χ1) is 7.66. The lowest BCUT2D eigenvalue weighted by Crippen LogP contribution is -2.17. The van der Waals surface area contributed by atoms with E-state index in [0.29, 0.717) is 12.3 Å². The maximum Gasteiger partial charge on any atom is 0.240 e. The van der Waals surface area contributed by atoms with Crippen LogP contribution in [0.15, 0.2) is 5.10 Å². The summed E-state index contributed by atoms with van der Waals surface area (Å²) in [6, 6.07) is 0. The highest BCUT2D eigenvalue weighted by atomic mass is 16.2. The first-order valence-electron chi connectivity index (χ1n) is 6.48. The van der Waals surface area contributed by atoms with Crippen LogP contribution in [-0.2, 0) is 4.79 Å². The molecule has 3 heteroatoms. The number of hydrogen-bond acceptors (Lipinski definition) is 2. The average Bonchev–Trinajstić information content (AvgIpc) is 2.22. The van der Waals surface area contributed by atoms with Crippen molar-refractivity contribution in [3.05, 3.63) is 0 Å². The lowest BCUT2D eigenvalue weighted by atomic mass is 10.1. The Morgan fingerprint density at radius 2 is 1.81 bits per heavy atom. The van der Waals surface area contributed by atoms with Crippen molar-refractivity contribution >= 4 is 12.1 Å². The summed E-state index contributed by atoms with van der Waals surface area (Å²) in [5.74, 6) is 0.418. The predicted octanol–water partition coefficient (Wildman–Crippen LogP) is 3.50. The molecule has 0 aliphatic heterocycles. The Bertz CT molecular complexity index is 200. The van der Waals surface area contributed by atoms with Gasteiger partial charge in [-0.15, -0.1) is 0 Å². The van der Waals surface area contributed by atoms with Crippen molar-refractivity contribution in [1.29, 1.82) is 0 Å². The van der Waals surface area contributed by atoms with E-state index in [1.165, 1.54) is 25.7 Å². The quantitative estimate of drug-likeness (QED) is 0.365. The molecule has 0 rings (SSSR count). The molecule has 94 valence electrons. The number of hydrogen-bond donors (Lipinski definition) is 1. The summed E-state index contributed by atoms with van der Waals surface area (Å²) in [6.07, 6.45) is 9.60. The Balaban J connectivity index is 3.30. The molecule has 0 fully saturated rings. The van der Waals surface area contributed by atoms with Gasteiger partial charge in [-0.05, 0) is 12.3 Å². The van der Waals surface area contributed by atoms with Gasteiger partial charge in [0, 0.05) is 12.6 Å². The Morgan fingerprint density at radius 1 is 1.19 bits per heavy atom. The molecular formula is C13H26N2O. The molecule has 0 aromatic rings. The van der Waals surface area contributed by atoms with E-state index in [1.54, 1.807) is 6.21 Å². The SMILES string of the molecule is CCCCCCCCC(=O)NN=CC(C)C. The van der Waals surface area contributed by atoms with E-state index in [0.717, 1.165) is 12.8 Å². The summed E-state index contributed by atoms with van der Waals surface area (Å²) in [5.41, 5.74) is 2.55. The summed E-state index contributed by atoms with van der Waals surface area (Å²) < 4.78 is 0. The predicted molar refractivity (Wildman–Crippen MR) is 69.5 cm³/mol. The second-order valence-electron chi connectivity index (χ2n) is 4.57. The zero-order chi connectivity index (χ0) is 12.2. The molecule has 0 aliphatic carbocycles. The van der Waals surface area contributed by atoms with E-state index in [9.17, 15) is 4.79 Å². The maximum atomic E-state index is 11.3. The molecule has 0 heterocycles. The number of unbranched alkanes of at least 4 members (excludes halogenated alkanes) is 5. The molecule has 0 bridgehead atoms. The zero-order valence-electron chi connectivity index (χ0n) is 11.0. The molecule has 0 aromatic heterocycles. The zero-order valence-corrected chi connectivity index (χ0v) is 11.0. The van der Waals surface area contributed by atoms with Gasteiger partial charge in [0.25, 0.3) is 0 Å². The van der Waals surface area contributed by atoms with Gasteiger partial charge < -0.3 is 0 Å². The van der Waals surface area contributed by atoms with E-state index in [-0.39, 0.29) is 5.91 Å². The number of rotatable bonds is 9. The smallest absolute Gasteiger partial charge is 0.240 e. The van der Waals surface area contributed by atoms with Crippen LogP contribution in [0.3, 0.4) is 0 Å². The minimum absolute atomic E-state index is 0.0346. The molecule has 0 saturated carbocycles. The van der Waals surface area contributed by atoms with Gasteiger partial charge in [0.05, 0.1) is 0 Å². The highest BCUT2D eigenvalue weighted by molar-refractivity contribution is 5.76. The number of carbonyl (C=O) groups is 1. The van der Waals surface area contributed by atoms with Crippen LogP contribution in [0.2, 0.25) is 0 Å². The van der Waals surface area contributed by atoms with Gasteiger partial charge in [-0.25, -0.2) is 5.43 Å². The molecule has 0 atom stereocenters. The number of nitrogens with zero attached hydrogens (tertiary/aromatic N) is 1. The standard InChI is InChI=1S/C13H26N2O/c1-4-5-6-7-8-9-10-13(16)15-14-11-12(2)3/h11-12H,4-10H2,1-3H3,(H,15,16). The van der Waals surface area contributed by atoms with Crippen LogP contribution >= 0.6 is 0 Å². The molecule has 16 heavy (non-hydrogen) atoms. The Kier molecular flexibility index (Phi) is 10.1. The molecule has 0 radical (unpaired) electrons. The summed E-state index contributed by atoms with van der Waals surface area (Å²) in [7, 11) is 0. The maximum absolute atomic E-state index is 11.3. The van der Waals surface area contributed by atoms with Crippen molar-refractivity contribution in [2.75, 3.05) is 0 Å². The minimum atomic E-state index is 0.0346. The number of nitrogens with one attached hydrogen (secondary N) is 1. The normalized spacial score (nSPS) is 11.2. The molecule has 0 saturated heterocycles. The van der Waals surface area contributed by atoms with Crippen LogP contribution in [-0.4, -0.2) is 12.1 Å². The fraction of sp³-hybridized carbons (Fsp3) is 0.846. The minimum Gasteiger partial charge on any atom is -0.273 e. The first-order valence-corrected chi connectivity index (χ1v) is 6.48. The van der Waals surface area contributed by atoms with E-state index in [2.05, 4.69) is 17.5 Å². The number of amides is 1. The van der Waals surface area contributed by atoms with Crippen LogP contribution in [0, 0.1) is 5.92 Å². The molecule has 1 N–H and O–H groups in total. The molecule has 0 aromatic carbocycles. The number of carbonyl (C=O) groups excluding carboxylic acids is 1. The number of hydrazone groups is 1. The van der Waals surface area contributed by atoms with Gasteiger partial charge in [0.2, 0.25) is 5.91 Å². The summed E-state index contributed by atoms with van der Waals surface area (Å²) in [4.78, 5) is 11.3. The van der Waals surface area contributed by atoms with Gasteiger partial charge in [-0.2, -0.15) is 5.10 Å². The van der Waals surface area contributed by atoms with Crippen molar-refractivity contribution in [1.82, 2.24) is 5.43 Å². The fourth-order valence-corrected chi connectivity index (χ4v) is 1.38. The highest BCUT2D eigenvalue weighted by Gasteiger charge is 1.98. The van der Waals surface area contributed by atoms with Crippen LogP contribution in [0.4, 0.5) is 0 Å². The molecule has 0 unspecified atom stereocenters. The van der Waals surface area contributed by atoms with Crippen LogP contribution in [0.25, 0.3) is 0 Å². The van der Waals surface area contributed by atoms with Gasteiger partial charge >= 0.3 is 0 Å². The summed E-state index contributed by atoms with van der Waals surface area (Å²) in [5, 5.41) is 3.87. The van der Waals surface area contributed by atoms with Crippen molar-refractivity contribution in [2.45, 2.75) is 65.7 Å². The monoisotopic (exact) mass is 226 g/mol. The van der Waals surface area contributed by atoms with Crippen LogP contribution < -0.4 is 5.43 Å². The summed E-state index contributed by atoms with van der Waals surface area (Å²) in [6.45, 7) is 6.27. The van der Waals surface area contributed by atoms with Gasteiger partial charge in [0.15, 0.2) is 0 Å². The molecule has 1 amide bonds. The lowest BCUT2D eigenvalue weighted by Gasteiger charge is -2.01. The van der Waals surface area contributed by atoms with Crippen LogP contribution in [0.1, 0.15) is 65.7 Å². The molecular weight excluding hydrogens is 200 g/mol. The second-order valence-corrected chi connectivity index (χ2v) is 4.57. The van der Waals surface area contributed by atoms with Crippen molar-refractivity contribution < 1.29 is 4.79 Å². The van der Waals surface area contributed by atoms with E-state index >= 15 is 0 Å². The molecule has 3 nitrogen and oxygen atoms in total. The molecule has 0 spiro atoms. The third-order valence-corrected chi connectivity index (χ3v) is 2.32. The third-order valence-electron chi connectivity index (χ3n) is 2.32. The largest absolute Gasteiger partial charge is 0.273 e. The lowest BCUT2D eigenvalue weighted by molar-refractivity contribution is -0.121. The Hall–Kier alpha value is -0.860. The third kappa shape index (κ3) is 11.2. The first kappa shape index (κ1) is 15.1. The van der Waals surface area contributed by atoms with Crippen molar-refractivity contribution in [3.63, 3.8) is 0 Å². The van der Waals surface area contributed by atoms with Crippen LogP contribution in [0.5, 0.6) is 0 Å². The second kappa shape index (κ2) is 10.7.